The molecule has 0 aliphatic rings. The van der Waals surface area contributed by atoms with E-state index in [4.69, 9.17) is 0 Å². The minimum atomic E-state index is 0.981. The molecular formula is C6H9-. The lowest BCUT2D eigenvalue weighted by atomic mass is 10.2. The minimum absolute atomic E-state index is 0.981. The third kappa shape index (κ3) is 1.65. The maximum atomic E-state index is 3.62. The maximum absolute atomic E-state index is 3.62. The topological polar surface area (TPSA) is 0 Å². The van der Waals surface area contributed by atoms with E-state index in [-0.39, 0.29) is 0 Å². The molecule has 0 atom stereocenters. The van der Waals surface area contributed by atoms with Gasteiger partial charge in [0.2, 0.25) is 0 Å². The van der Waals surface area contributed by atoms with Gasteiger partial charge in [0.05, 0.1) is 0 Å². The Balaban J connectivity index is 3.23. The molecule has 0 rings (SSSR count). The van der Waals surface area contributed by atoms with Gasteiger partial charge in [0.15, 0.2) is 0 Å². The van der Waals surface area contributed by atoms with Crippen molar-refractivity contribution in [1.29, 1.82) is 0 Å². The molecule has 0 spiro atoms. The molecule has 0 heteroatoms. The highest BCUT2D eigenvalue weighted by atomic mass is 13.8. The predicted molar refractivity (Wildman–Crippen MR) is 29.3 cm³/mol. The van der Waals surface area contributed by atoms with E-state index in [1.54, 1.807) is 6.08 Å². The third-order valence-corrected chi connectivity index (χ3v) is 0.633. The van der Waals surface area contributed by atoms with Gasteiger partial charge in [-0.15, -0.1) is 0 Å². The van der Waals surface area contributed by atoms with Crippen molar-refractivity contribution in [2.45, 2.75) is 6.92 Å². The van der Waals surface area contributed by atoms with Crippen LogP contribution in [0.25, 0.3) is 0 Å². The summed E-state index contributed by atoms with van der Waals surface area (Å²) in [7, 11) is 0. The molecule has 0 aromatic carbocycles. The van der Waals surface area contributed by atoms with Crippen LogP contribution in [-0.4, -0.2) is 0 Å². The fourth-order valence-electron chi connectivity index (χ4n) is 0.118. The molecule has 0 nitrogen and oxygen atoms in total. The normalized spacial score (nSPS) is 6.83. The van der Waals surface area contributed by atoms with Crippen LogP contribution < -0.4 is 0 Å². The Morgan fingerprint density at radius 1 is 1.83 bits per heavy atom. The van der Waals surface area contributed by atoms with E-state index in [1.165, 1.54) is 0 Å². The average Bonchev–Trinajstić information content (AvgIpc) is 1.65. The first-order valence-electron chi connectivity index (χ1n) is 1.92. The Bertz CT molecular complexity index is 60.4. The van der Waals surface area contributed by atoms with Crippen LogP contribution in [-0.2, 0) is 0 Å². The zero-order chi connectivity index (χ0) is 4.99. The molecule has 0 heterocycles. The molecule has 0 radical (unpaired) electrons. The van der Waals surface area contributed by atoms with Crippen molar-refractivity contribution in [2.24, 2.45) is 0 Å². The first kappa shape index (κ1) is 5.35. The van der Waals surface area contributed by atoms with Crippen LogP contribution in [0.1, 0.15) is 6.92 Å². The molecule has 34 valence electrons. The summed E-state index contributed by atoms with van der Waals surface area (Å²) in [6.45, 7) is 9.05. The lowest BCUT2D eigenvalue weighted by molar-refractivity contribution is 1.47. The maximum Gasteiger partial charge on any atom is -0.0919 e. The van der Waals surface area contributed by atoms with E-state index >= 15 is 0 Å². The summed E-state index contributed by atoms with van der Waals surface area (Å²) in [5, 5.41) is 0. The smallest absolute Gasteiger partial charge is 0.0919 e. The molecule has 0 aromatic rings. The van der Waals surface area contributed by atoms with Gasteiger partial charge in [-0.05, 0) is 0 Å². The second-order valence-electron chi connectivity index (χ2n) is 1.07. The predicted octanol–water partition coefficient (Wildman–Crippen LogP) is 1.95. The van der Waals surface area contributed by atoms with Gasteiger partial charge in [0, 0.05) is 0 Å². The lowest BCUT2D eigenvalue weighted by Gasteiger charge is -1.96. The van der Waals surface area contributed by atoms with Crippen molar-refractivity contribution in [3.05, 3.63) is 31.2 Å². The third-order valence-electron chi connectivity index (χ3n) is 0.633. The van der Waals surface area contributed by atoms with Crippen LogP contribution in [0.2, 0.25) is 0 Å². The Morgan fingerprint density at radius 2 is 2.33 bits per heavy atom. The van der Waals surface area contributed by atoms with Gasteiger partial charge in [0.25, 0.3) is 0 Å². The quantitative estimate of drug-likeness (QED) is 0.352. The van der Waals surface area contributed by atoms with Crippen LogP contribution in [0, 0.1) is 6.42 Å². The molecule has 0 aromatic heterocycles. The number of hydrogen-bond donors (Lipinski definition) is 0. The lowest BCUT2D eigenvalue weighted by Crippen LogP contribution is -1.64. The zero-order valence-corrected chi connectivity index (χ0v) is 4.07. The summed E-state index contributed by atoms with van der Waals surface area (Å²) in [4.78, 5) is 0. The van der Waals surface area contributed by atoms with Gasteiger partial charge in [-0.2, -0.15) is 31.2 Å². The molecule has 0 amide bonds. The van der Waals surface area contributed by atoms with Crippen LogP contribution in [0.4, 0.5) is 0 Å². The highest BCUT2D eigenvalue weighted by Gasteiger charge is 1.60. The molecule has 0 saturated heterocycles. The summed E-state index contributed by atoms with van der Waals surface area (Å²) in [6, 6.07) is 0. The second-order valence-corrected chi connectivity index (χ2v) is 1.07. The molecule has 0 N–H and O–H groups in total. The van der Waals surface area contributed by atoms with Crippen LogP contribution >= 0.6 is 0 Å². The summed E-state index contributed by atoms with van der Waals surface area (Å²) < 4.78 is 0. The Labute approximate surface area is 39.2 Å². The molecule has 0 saturated carbocycles. The van der Waals surface area contributed by atoms with Gasteiger partial charge >= 0.3 is 0 Å². The van der Waals surface area contributed by atoms with Gasteiger partial charge in [-0.3, -0.25) is 0 Å². The Morgan fingerprint density at radius 3 is 2.33 bits per heavy atom. The summed E-state index contributed by atoms with van der Waals surface area (Å²) in [5.74, 6) is 0. The zero-order valence-electron chi connectivity index (χ0n) is 4.07. The van der Waals surface area contributed by atoms with E-state index in [1.807, 2.05) is 13.3 Å². The highest BCUT2D eigenvalue weighted by molar-refractivity contribution is 5.18. The average molecular weight is 81.1 g/mol. The van der Waals surface area contributed by atoms with Crippen molar-refractivity contribution in [3.8, 4) is 0 Å². The molecule has 0 bridgehead atoms. The van der Waals surface area contributed by atoms with E-state index in [2.05, 4.69) is 13.2 Å². The fraction of sp³-hybridized carbons (Fsp3) is 0.167. The van der Waals surface area contributed by atoms with Crippen molar-refractivity contribution in [1.82, 2.24) is 0 Å². The minimum Gasteiger partial charge on any atom is -0.200 e. The molecule has 0 aliphatic heterocycles. The highest BCUT2D eigenvalue weighted by Crippen LogP contribution is 1.91. The molecule has 0 fully saturated rings. The van der Waals surface area contributed by atoms with Gasteiger partial charge in [-0.1, -0.05) is 6.92 Å². The Hall–Kier alpha value is -0.650. The number of hydrogen-bond acceptors (Lipinski definition) is 0. The van der Waals surface area contributed by atoms with Gasteiger partial charge in [0.1, 0.15) is 0 Å². The van der Waals surface area contributed by atoms with Crippen molar-refractivity contribution in [2.75, 3.05) is 0 Å². The van der Waals surface area contributed by atoms with Crippen molar-refractivity contribution < 1.29 is 0 Å². The molecule has 0 unspecified atom stereocenters. The molecular weight excluding hydrogens is 72.1 g/mol. The van der Waals surface area contributed by atoms with E-state index in [0.717, 1.165) is 5.57 Å². The van der Waals surface area contributed by atoms with E-state index in [9.17, 15) is 0 Å². The second kappa shape index (κ2) is 2.58. The molecule has 6 heavy (non-hydrogen) atoms. The summed E-state index contributed by atoms with van der Waals surface area (Å²) in [5.41, 5.74) is 0.981. The van der Waals surface area contributed by atoms with Gasteiger partial charge in [-0.25, -0.2) is 0 Å². The summed E-state index contributed by atoms with van der Waals surface area (Å²) in [6.07, 6.45) is 3.63. The summed E-state index contributed by atoms with van der Waals surface area (Å²) >= 11 is 0. The Kier molecular flexibility index (Phi) is 2.30. The standard InChI is InChI=1S/C6H9/c1-4-6(3)5-2/h4-5H,1,3H2,2H3/q-1. The first-order chi connectivity index (χ1) is 2.81. The monoisotopic (exact) mass is 81.1 g/mol. The number of allylic oxidation sites excluding steroid dienone is 2. The fourth-order valence-corrected chi connectivity index (χ4v) is 0.118. The largest absolute Gasteiger partial charge is 0.200 e. The SMILES string of the molecule is C=CC(=C)[CH-]C. The van der Waals surface area contributed by atoms with Crippen molar-refractivity contribution in [3.63, 3.8) is 0 Å². The van der Waals surface area contributed by atoms with Crippen LogP contribution in [0.5, 0.6) is 0 Å². The molecule has 0 aliphatic carbocycles. The van der Waals surface area contributed by atoms with Crippen LogP contribution in [0.3, 0.4) is 0 Å². The van der Waals surface area contributed by atoms with E-state index in [0.29, 0.717) is 0 Å². The van der Waals surface area contributed by atoms with E-state index < -0.39 is 0 Å². The number of rotatable bonds is 2. The van der Waals surface area contributed by atoms with Crippen molar-refractivity contribution >= 4 is 0 Å². The first-order valence-corrected chi connectivity index (χ1v) is 1.92. The van der Waals surface area contributed by atoms with Crippen LogP contribution in [0.15, 0.2) is 24.8 Å². The van der Waals surface area contributed by atoms with Gasteiger partial charge < -0.3 is 0 Å².